The summed E-state index contributed by atoms with van der Waals surface area (Å²) in [4.78, 5) is 80.8. The molecule has 4 aromatic rings. The molecular weight excluding hydrogens is 913 g/mol. The van der Waals surface area contributed by atoms with Crippen molar-refractivity contribution in [3.63, 3.8) is 0 Å². The van der Waals surface area contributed by atoms with E-state index in [0.29, 0.717) is 12.2 Å². The van der Waals surface area contributed by atoms with Gasteiger partial charge in [-0.25, -0.2) is 39.1 Å². The lowest BCUT2D eigenvalue weighted by atomic mass is 9.95. The molecule has 2 saturated heterocycles. The van der Waals surface area contributed by atoms with Gasteiger partial charge in [-0.2, -0.15) is 9.97 Å². The van der Waals surface area contributed by atoms with E-state index >= 15 is 0 Å². The van der Waals surface area contributed by atoms with Crippen LogP contribution in [0.3, 0.4) is 0 Å². The van der Waals surface area contributed by atoms with Gasteiger partial charge in [0.2, 0.25) is 0 Å². The minimum atomic E-state index is -1.26. The van der Waals surface area contributed by atoms with Crippen molar-refractivity contribution in [2.24, 2.45) is 0 Å². The number of aryl methyl sites for hydroxylation is 6. The first-order valence-electron chi connectivity index (χ1n) is 26.2. The van der Waals surface area contributed by atoms with Gasteiger partial charge in [0.1, 0.15) is 23.3 Å². The molecule has 0 unspecified atom stereocenters. The van der Waals surface area contributed by atoms with Crippen molar-refractivity contribution < 1.29 is 19.8 Å². The standard InChI is InChI=1S/2C25H40N6O.C4H4O4/c2*1-6-10-21-19-22(28-23(26-21)25(3,4)5)30-17-15-29(16-18-30)12-8-9-13-31-14-11-20(7-2)27-24(31)32;5-3(6)1-2-4(7)8/h2*11,14,19H,6-10,12-13,15-18H2,1-5H3;1-2H,(H,5,6)(H,7,8). The van der Waals surface area contributed by atoms with E-state index in [2.05, 4.69) is 97.1 Å². The van der Waals surface area contributed by atoms with Crippen LogP contribution in [0.4, 0.5) is 11.6 Å². The molecule has 18 heteroatoms. The number of carboxylic acid groups (broad SMARTS) is 2. The molecule has 0 radical (unpaired) electrons. The molecule has 2 aliphatic rings. The van der Waals surface area contributed by atoms with Crippen LogP contribution in [0.15, 0.2) is 58.4 Å². The van der Waals surface area contributed by atoms with Crippen molar-refractivity contribution in [1.82, 2.24) is 48.8 Å². The summed E-state index contributed by atoms with van der Waals surface area (Å²) >= 11 is 0. The van der Waals surface area contributed by atoms with E-state index in [4.69, 9.17) is 30.1 Å². The molecule has 4 aromatic heterocycles. The number of piperazine rings is 2. The molecule has 2 N–H and O–H groups in total. The second-order valence-corrected chi connectivity index (χ2v) is 20.7. The Morgan fingerprint density at radius 3 is 1.15 bits per heavy atom. The third-order valence-corrected chi connectivity index (χ3v) is 12.5. The number of carbonyl (C=O) groups is 2. The summed E-state index contributed by atoms with van der Waals surface area (Å²) in [5, 5.41) is 15.6. The zero-order valence-corrected chi connectivity index (χ0v) is 45.1. The van der Waals surface area contributed by atoms with Crippen LogP contribution in [0.5, 0.6) is 0 Å². The number of hydrogen-bond donors (Lipinski definition) is 2. The molecule has 0 aliphatic carbocycles. The lowest BCUT2D eigenvalue weighted by Gasteiger charge is -2.36. The largest absolute Gasteiger partial charge is 0.478 e. The maximum Gasteiger partial charge on any atom is 0.347 e. The highest BCUT2D eigenvalue weighted by Gasteiger charge is 2.25. The van der Waals surface area contributed by atoms with Gasteiger partial charge >= 0.3 is 23.3 Å². The first-order chi connectivity index (χ1) is 34.2. The lowest BCUT2D eigenvalue weighted by Crippen LogP contribution is -2.47. The van der Waals surface area contributed by atoms with E-state index in [1.54, 1.807) is 9.13 Å². The predicted molar refractivity (Wildman–Crippen MR) is 285 cm³/mol. The minimum Gasteiger partial charge on any atom is -0.478 e. The van der Waals surface area contributed by atoms with Gasteiger partial charge in [-0.15, -0.1) is 0 Å². The van der Waals surface area contributed by atoms with E-state index in [9.17, 15) is 19.2 Å². The summed E-state index contributed by atoms with van der Waals surface area (Å²) in [7, 11) is 0. The molecule has 396 valence electrons. The van der Waals surface area contributed by atoms with Gasteiger partial charge in [-0.05, 0) is 76.6 Å². The molecule has 2 aliphatic heterocycles. The van der Waals surface area contributed by atoms with Crippen LogP contribution in [0.25, 0.3) is 0 Å². The van der Waals surface area contributed by atoms with E-state index in [1.807, 2.05) is 38.4 Å². The molecule has 0 aromatic carbocycles. The highest BCUT2D eigenvalue weighted by molar-refractivity contribution is 5.89. The summed E-state index contributed by atoms with van der Waals surface area (Å²) in [5.74, 6) is 1.53. The van der Waals surface area contributed by atoms with Gasteiger partial charge < -0.3 is 20.0 Å². The fourth-order valence-corrected chi connectivity index (χ4v) is 8.17. The summed E-state index contributed by atoms with van der Waals surface area (Å²) in [6.45, 7) is 33.3. The number of hydrogen-bond acceptors (Lipinski definition) is 14. The monoisotopic (exact) mass is 997 g/mol. The highest BCUT2D eigenvalue weighted by atomic mass is 16.4. The molecule has 72 heavy (non-hydrogen) atoms. The maximum atomic E-state index is 12.0. The second-order valence-electron chi connectivity index (χ2n) is 20.7. The van der Waals surface area contributed by atoms with Crippen LogP contribution in [0, 0.1) is 0 Å². The Kier molecular flexibility index (Phi) is 23.6. The Bertz CT molecular complexity index is 2290. The van der Waals surface area contributed by atoms with Crippen LogP contribution in [0.1, 0.15) is 142 Å². The fraction of sp³-hybridized carbons (Fsp3) is 0.630. The Hall–Kier alpha value is -5.88. The van der Waals surface area contributed by atoms with Crippen LogP contribution in [0.2, 0.25) is 0 Å². The van der Waals surface area contributed by atoms with Gasteiger partial charge in [0.25, 0.3) is 0 Å². The Balaban J connectivity index is 0.000000271. The molecule has 2 fully saturated rings. The average Bonchev–Trinajstić information content (AvgIpc) is 3.34. The van der Waals surface area contributed by atoms with Crippen molar-refractivity contribution in [2.75, 3.05) is 75.2 Å². The fourth-order valence-electron chi connectivity index (χ4n) is 8.17. The van der Waals surface area contributed by atoms with Gasteiger partial charge in [0, 0.05) is 136 Å². The van der Waals surface area contributed by atoms with Crippen LogP contribution in [-0.4, -0.2) is 136 Å². The quantitative estimate of drug-likeness (QED) is 0.0705. The predicted octanol–water partition coefficient (Wildman–Crippen LogP) is 6.61. The van der Waals surface area contributed by atoms with Crippen LogP contribution < -0.4 is 21.2 Å². The number of aliphatic carboxylic acids is 2. The molecule has 0 spiro atoms. The molecule has 6 heterocycles. The van der Waals surface area contributed by atoms with Gasteiger partial charge in [-0.3, -0.25) is 18.9 Å². The van der Waals surface area contributed by atoms with E-state index < -0.39 is 11.9 Å². The Morgan fingerprint density at radius 2 is 0.861 bits per heavy atom. The molecule has 0 atom stereocenters. The molecule has 0 bridgehead atoms. The van der Waals surface area contributed by atoms with Gasteiger partial charge in [0.05, 0.1) is 0 Å². The van der Waals surface area contributed by atoms with Gasteiger partial charge in [-0.1, -0.05) is 82.1 Å². The van der Waals surface area contributed by atoms with Crippen molar-refractivity contribution in [3.05, 3.63) is 104 Å². The first kappa shape index (κ1) is 58.7. The number of unbranched alkanes of at least 4 members (excludes halogenated alkanes) is 2. The van der Waals surface area contributed by atoms with Crippen LogP contribution >= 0.6 is 0 Å². The van der Waals surface area contributed by atoms with E-state index in [0.717, 1.165) is 189 Å². The van der Waals surface area contributed by atoms with Crippen molar-refractivity contribution in [3.8, 4) is 0 Å². The number of aromatic nitrogens is 8. The molecular formula is C54H84N12O6. The third kappa shape index (κ3) is 20.0. The number of rotatable bonds is 20. The van der Waals surface area contributed by atoms with Crippen LogP contribution in [-0.2, 0) is 59.2 Å². The molecule has 0 saturated carbocycles. The van der Waals surface area contributed by atoms with E-state index in [1.165, 1.54) is 0 Å². The Labute approximate surface area is 427 Å². The molecule has 6 rings (SSSR count). The van der Waals surface area contributed by atoms with Gasteiger partial charge in [0.15, 0.2) is 0 Å². The topological polar surface area (TPSA) is 209 Å². The summed E-state index contributed by atoms with van der Waals surface area (Å²) in [6.07, 6.45) is 14.8. The number of carboxylic acids is 2. The molecule has 0 amide bonds. The number of nitrogens with zero attached hydrogens (tertiary/aromatic N) is 12. The summed E-state index contributed by atoms with van der Waals surface area (Å²) in [5.41, 5.74) is 3.69. The first-order valence-corrected chi connectivity index (χ1v) is 26.2. The Morgan fingerprint density at radius 1 is 0.514 bits per heavy atom. The lowest BCUT2D eigenvalue weighted by molar-refractivity contribution is -0.134. The van der Waals surface area contributed by atoms with Crippen molar-refractivity contribution >= 4 is 23.6 Å². The number of anilines is 2. The van der Waals surface area contributed by atoms with Crippen molar-refractivity contribution in [1.29, 1.82) is 0 Å². The zero-order chi connectivity index (χ0) is 52.8. The smallest absolute Gasteiger partial charge is 0.347 e. The second kappa shape index (κ2) is 29.0. The maximum absolute atomic E-state index is 12.0. The molecule has 18 nitrogen and oxygen atoms in total. The van der Waals surface area contributed by atoms with Crippen molar-refractivity contribution in [2.45, 2.75) is 157 Å². The summed E-state index contributed by atoms with van der Waals surface area (Å²) < 4.78 is 3.46. The minimum absolute atomic E-state index is 0.0470. The summed E-state index contributed by atoms with van der Waals surface area (Å²) in [6, 6.07) is 8.27. The SMILES string of the molecule is CCCc1cc(N2CCN(CCCCn3ccc(CC)nc3=O)CC2)nc(C(C)(C)C)n1.CCCc1cc(N2CCN(CCCCn3ccc(CC)nc3=O)CC2)nc(C(C)(C)C)n1.O=C(O)C=CC(=O)O. The third-order valence-electron chi connectivity index (χ3n) is 12.5. The average molecular weight is 997 g/mol. The normalized spacial score (nSPS) is 14.7. The van der Waals surface area contributed by atoms with E-state index in [-0.39, 0.29) is 22.2 Å². The highest BCUT2D eigenvalue weighted by Crippen LogP contribution is 2.25. The zero-order valence-electron chi connectivity index (χ0n) is 45.1.